The zero-order valence-electron chi connectivity index (χ0n) is 11.0. The maximum absolute atomic E-state index is 9.40. The molecule has 3 nitrogen and oxygen atoms in total. The summed E-state index contributed by atoms with van der Waals surface area (Å²) in [5.74, 6) is 0.901. The number of aliphatic hydroxyl groups is 1. The molecule has 0 amide bonds. The molecule has 18 heavy (non-hydrogen) atoms. The molecule has 96 valence electrons. The van der Waals surface area contributed by atoms with Crippen LogP contribution in [0.5, 0.6) is 0 Å². The van der Waals surface area contributed by atoms with Crippen molar-refractivity contribution in [2.45, 2.75) is 31.2 Å². The molecule has 0 spiro atoms. The lowest BCUT2D eigenvalue weighted by molar-refractivity contribution is 0.277. The molecule has 1 aromatic carbocycles. The second kappa shape index (κ2) is 5.59. The zero-order chi connectivity index (χ0) is 13.1. The van der Waals surface area contributed by atoms with Crippen molar-refractivity contribution >= 4 is 11.8 Å². The highest BCUT2D eigenvalue weighted by Crippen LogP contribution is 2.28. The standard InChI is InChI=1S/C14H18N2OS/c1-10-6-4-5-7-12(10)9-18-14-13(8-17)11(2)15-16(14)3/h4-7,17H,8-9H2,1-3H3. The van der Waals surface area contributed by atoms with Crippen LogP contribution in [0.1, 0.15) is 22.4 Å². The molecular weight excluding hydrogens is 244 g/mol. The second-order valence-electron chi connectivity index (χ2n) is 4.37. The normalized spacial score (nSPS) is 10.9. The Kier molecular flexibility index (Phi) is 4.09. The third-order valence-corrected chi connectivity index (χ3v) is 4.31. The lowest BCUT2D eigenvalue weighted by Crippen LogP contribution is -1.95. The number of hydrogen-bond acceptors (Lipinski definition) is 3. The van der Waals surface area contributed by atoms with E-state index in [4.69, 9.17) is 0 Å². The van der Waals surface area contributed by atoms with Gasteiger partial charge in [-0.1, -0.05) is 24.3 Å². The molecule has 0 aliphatic heterocycles. The van der Waals surface area contributed by atoms with Gasteiger partial charge in [-0.2, -0.15) is 5.10 Å². The number of aliphatic hydroxyl groups excluding tert-OH is 1. The fraction of sp³-hybridized carbons (Fsp3) is 0.357. The average Bonchev–Trinajstić information content (AvgIpc) is 2.62. The minimum absolute atomic E-state index is 0.0514. The van der Waals surface area contributed by atoms with Gasteiger partial charge >= 0.3 is 0 Å². The third kappa shape index (κ3) is 2.60. The SMILES string of the molecule is Cc1ccccc1CSc1c(CO)c(C)nn1C. The summed E-state index contributed by atoms with van der Waals surface area (Å²) in [7, 11) is 1.92. The number of aromatic nitrogens is 2. The molecule has 0 radical (unpaired) electrons. The van der Waals surface area contributed by atoms with E-state index in [1.165, 1.54) is 11.1 Å². The van der Waals surface area contributed by atoms with Gasteiger partial charge in [0.25, 0.3) is 0 Å². The maximum Gasteiger partial charge on any atom is 0.0997 e. The summed E-state index contributed by atoms with van der Waals surface area (Å²) < 4.78 is 1.85. The summed E-state index contributed by atoms with van der Waals surface area (Å²) in [6.45, 7) is 4.11. The minimum atomic E-state index is 0.0514. The molecule has 4 heteroatoms. The van der Waals surface area contributed by atoms with E-state index in [1.807, 2.05) is 18.7 Å². The predicted octanol–water partition coefficient (Wildman–Crippen LogP) is 2.82. The van der Waals surface area contributed by atoms with Gasteiger partial charge in [0.2, 0.25) is 0 Å². The molecule has 0 fully saturated rings. The molecule has 0 saturated carbocycles. The molecule has 0 aliphatic carbocycles. The van der Waals surface area contributed by atoms with E-state index in [9.17, 15) is 5.11 Å². The van der Waals surface area contributed by atoms with Gasteiger partial charge in [0.1, 0.15) is 0 Å². The molecule has 0 unspecified atom stereocenters. The van der Waals surface area contributed by atoms with E-state index in [2.05, 4.69) is 36.3 Å². The van der Waals surface area contributed by atoms with Gasteiger partial charge in [0, 0.05) is 18.4 Å². The fourth-order valence-electron chi connectivity index (χ4n) is 1.96. The molecule has 0 bridgehead atoms. The largest absolute Gasteiger partial charge is 0.392 e. The highest BCUT2D eigenvalue weighted by molar-refractivity contribution is 7.98. The number of nitrogens with zero attached hydrogens (tertiary/aromatic N) is 2. The van der Waals surface area contributed by atoms with E-state index in [0.717, 1.165) is 22.0 Å². The smallest absolute Gasteiger partial charge is 0.0997 e. The van der Waals surface area contributed by atoms with E-state index in [-0.39, 0.29) is 6.61 Å². The summed E-state index contributed by atoms with van der Waals surface area (Å²) in [5, 5.41) is 14.8. The van der Waals surface area contributed by atoms with Crippen molar-refractivity contribution in [1.29, 1.82) is 0 Å². The van der Waals surface area contributed by atoms with Gasteiger partial charge in [-0.15, -0.1) is 11.8 Å². The van der Waals surface area contributed by atoms with Crippen LogP contribution in [0.15, 0.2) is 29.3 Å². The van der Waals surface area contributed by atoms with Crippen LogP contribution in [-0.4, -0.2) is 14.9 Å². The first-order valence-electron chi connectivity index (χ1n) is 5.94. The number of hydrogen-bond donors (Lipinski definition) is 1. The molecule has 0 saturated heterocycles. The quantitative estimate of drug-likeness (QED) is 0.861. The lowest BCUT2D eigenvalue weighted by Gasteiger charge is -2.07. The van der Waals surface area contributed by atoms with Crippen LogP contribution in [0.3, 0.4) is 0 Å². The molecule has 2 aromatic rings. The van der Waals surface area contributed by atoms with E-state index in [1.54, 1.807) is 11.8 Å². The summed E-state index contributed by atoms with van der Waals surface area (Å²) in [5.41, 5.74) is 4.48. The van der Waals surface area contributed by atoms with Gasteiger partial charge < -0.3 is 5.11 Å². The molecule has 0 atom stereocenters. The molecule has 2 rings (SSSR count). The van der Waals surface area contributed by atoms with Crippen LogP contribution in [0, 0.1) is 13.8 Å². The van der Waals surface area contributed by atoms with Gasteiger partial charge in [-0.3, -0.25) is 4.68 Å². The van der Waals surface area contributed by atoms with Gasteiger partial charge in [0.05, 0.1) is 17.3 Å². The summed E-state index contributed by atoms with van der Waals surface area (Å²) in [4.78, 5) is 0. The Morgan fingerprint density at radius 1 is 1.28 bits per heavy atom. The van der Waals surface area contributed by atoms with E-state index in [0.29, 0.717) is 0 Å². The maximum atomic E-state index is 9.40. The van der Waals surface area contributed by atoms with Crippen LogP contribution in [0.2, 0.25) is 0 Å². The Labute approximate surface area is 112 Å². The van der Waals surface area contributed by atoms with Gasteiger partial charge in [-0.25, -0.2) is 0 Å². The van der Waals surface area contributed by atoms with Crippen LogP contribution < -0.4 is 0 Å². The monoisotopic (exact) mass is 262 g/mol. The zero-order valence-corrected chi connectivity index (χ0v) is 11.8. The van der Waals surface area contributed by atoms with E-state index < -0.39 is 0 Å². The number of rotatable bonds is 4. The van der Waals surface area contributed by atoms with Crippen molar-refractivity contribution in [2.24, 2.45) is 7.05 Å². The summed E-state index contributed by atoms with van der Waals surface area (Å²) in [6, 6.07) is 8.38. The summed E-state index contributed by atoms with van der Waals surface area (Å²) in [6.07, 6.45) is 0. The first-order valence-corrected chi connectivity index (χ1v) is 6.92. The molecule has 0 aliphatic rings. The number of benzene rings is 1. The number of aryl methyl sites for hydroxylation is 3. The Hall–Kier alpha value is -1.26. The first-order chi connectivity index (χ1) is 8.63. The number of thioether (sulfide) groups is 1. The minimum Gasteiger partial charge on any atom is -0.392 e. The van der Waals surface area contributed by atoms with Crippen LogP contribution in [-0.2, 0) is 19.4 Å². The highest BCUT2D eigenvalue weighted by Gasteiger charge is 2.13. The van der Waals surface area contributed by atoms with Crippen molar-refractivity contribution in [1.82, 2.24) is 9.78 Å². The predicted molar refractivity (Wildman–Crippen MR) is 74.6 cm³/mol. The van der Waals surface area contributed by atoms with Crippen molar-refractivity contribution in [3.05, 3.63) is 46.6 Å². The van der Waals surface area contributed by atoms with Gasteiger partial charge in [-0.05, 0) is 25.0 Å². The fourth-order valence-corrected chi connectivity index (χ4v) is 3.19. The topological polar surface area (TPSA) is 38.1 Å². The van der Waals surface area contributed by atoms with Crippen molar-refractivity contribution < 1.29 is 5.11 Å². The lowest BCUT2D eigenvalue weighted by atomic mass is 10.1. The average molecular weight is 262 g/mol. The second-order valence-corrected chi connectivity index (χ2v) is 5.33. The van der Waals surface area contributed by atoms with Crippen molar-refractivity contribution in [3.8, 4) is 0 Å². The molecule has 1 heterocycles. The summed E-state index contributed by atoms with van der Waals surface area (Å²) >= 11 is 1.73. The molecular formula is C14H18N2OS. The molecule has 1 N–H and O–H groups in total. The Balaban J connectivity index is 2.18. The molecule has 1 aromatic heterocycles. The van der Waals surface area contributed by atoms with Crippen molar-refractivity contribution in [2.75, 3.05) is 0 Å². The van der Waals surface area contributed by atoms with Crippen LogP contribution >= 0.6 is 11.8 Å². The van der Waals surface area contributed by atoms with E-state index >= 15 is 0 Å². The first kappa shape index (κ1) is 13.2. The Morgan fingerprint density at radius 2 is 2.00 bits per heavy atom. The highest BCUT2D eigenvalue weighted by atomic mass is 32.2. The third-order valence-electron chi connectivity index (χ3n) is 3.07. The van der Waals surface area contributed by atoms with Crippen molar-refractivity contribution in [3.63, 3.8) is 0 Å². The Bertz CT molecular complexity index is 549. The van der Waals surface area contributed by atoms with Crippen LogP contribution in [0.25, 0.3) is 0 Å². The Morgan fingerprint density at radius 3 is 2.67 bits per heavy atom. The van der Waals surface area contributed by atoms with Gasteiger partial charge in [0.15, 0.2) is 0 Å². The van der Waals surface area contributed by atoms with Crippen LogP contribution in [0.4, 0.5) is 0 Å².